The highest BCUT2D eigenvalue weighted by molar-refractivity contribution is 5.68. The summed E-state index contributed by atoms with van der Waals surface area (Å²) in [6, 6.07) is 1.83. The lowest BCUT2D eigenvalue weighted by molar-refractivity contribution is -0.167. The molecule has 0 spiro atoms. The minimum atomic E-state index is -0.727. The smallest absolute Gasteiger partial charge is 0.306 e. The highest BCUT2D eigenvalue weighted by Gasteiger charge is 2.42. The zero-order valence-corrected chi connectivity index (χ0v) is 9.76. The Bertz CT molecular complexity index is 312. The second kappa shape index (κ2) is 5.31. The molecule has 0 aromatic carbocycles. The molecule has 1 aliphatic carbocycles. The fraction of sp³-hybridized carbons (Fsp3) is 0.667. The van der Waals surface area contributed by atoms with Crippen molar-refractivity contribution in [1.29, 1.82) is 0 Å². The first-order valence-corrected chi connectivity index (χ1v) is 6.00. The van der Waals surface area contributed by atoms with Gasteiger partial charge in [-0.1, -0.05) is 0 Å². The Morgan fingerprint density at radius 2 is 2.29 bits per heavy atom. The SMILES string of the molecule is O=C(O)CC12CCC(CC1)CO2.c1cn[nH]c1. The number of aromatic amines is 1. The lowest BCUT2D eigenvalue weighted by Gasteiger charge is -2.45. The summed E-state index contributed by atoms with van der Waals surface area (Å²) in [5, 5.41) is 14.9. The molecule has 94 valence electrons. The lowest BCUT2D eigenvalue weighted by Crippen LogP contribution is -2.46. The van der Waals surface area contributed by atoms with Gasteiger partial charge in [0.25, 0.3) is 0 Å². The summed E-state index contributed by atoms with van der Waals surface area (Å²) >= 11 is 0. The molecule has 3 aliphatic rings. The maximum atomic E-state index is 10.6. The summed E-state index contributed by atoms with van der Waals surface area (Å²) in [6.07, 6.45) is 7.87. The molecule has 17 heavy (non-hydrogen) atoms. The Kier molecular flexibility index (Phi) is 3.78. The molecule has 5 nitrogen and oxygen atoms in total. The third-order valence-electron chi connectivity index (χ3n) is 3.52. The number of hydrogen-bond donors (Lipinski definition) is 2. The van der Waals surface area contributed by atoms with E-state index in [9.17, 15) is 4.79 Å². The zero-order valence-electron chi connectivity index (χ0n) is 9.76. The fourth-order valence-electron chi connectivity index (χ4n) is 2.53. The molecular weight excluding hydrogens is 220 g/mol. The molecule has 2 saturated heterocycles. The van der Waals surface area contributed by atoms with Crippen LogP contribution in [0.5, 0.6) is 0 Å². The van der Waals surface area contributed by atoms with Gasteiger partial charge in [-0.25, -0.2) is 0 Å². The van der Waals surface area contributed by atoms with Gasteiger partial charge in [0, 0.05) is 12.4 Å². The van der Waals surface area contributed by atoms with Gasteiger partial charge in [0.2, 0.25) is 0 Å². The molecule has 0 amide bonds. The van der Waals surface area contributed by atoms with E-state index in [-0.39, 0.29) is 12.0 Å². The monoisotopic (exact) mass is 238 g/mol. The average Bonchev–Trinajstić information content (AvgIpc) is 2.88. The summed E-state index contributed by atoms with van der Waals surface area (Å²) in [5.74, 6) is -0.0176. The van der Waals surface area contributed by atoms with Gasteiger partial charge in [0.15, 0.2) is 0 Å². The molecule has 1 aromatic rings. The second-order valence-electron chi connectivity index (χ2n) is 4.77. The van der Waals surface area contributed by atoms with Gasteiger partial charge in [-0.15, -0.1) is 0 Å². The summed E-state index contributed by atoms with van der Waals surface area (Å²) in [7, 11) is 0. The van der Waals surface area contributed by atoms with Crippen molar-refractivity contribution in [1.82, 2.24) is 10.2 Å². The number of carboxylic acids is 1. The number of carboxylic acid groups (broad SMARTS) is 1. The van der Waals surface area contributed by atoms with Crippen LogP contribution in [0.4, 0.5) is 0 Å². The normalized spacial score (nSPS) is 30.5. The first kappa shape index (κ1) is 12.1. The molecule has 2 aliphatic heterocycles. The Morgan fingerprint density at radius 1 is 1.53 bits per heavy atom. The molecule has 1 aromatic heterocycles. The minimum Gasteiger partial charge on any atom is -0.481 e. The number of H-pyrrole nitrogens is 1. The maximum absolute atomic E-state index is 10.6. The van der Waals surface area contributed by atoms with Crippen molar-refractivity contribution < 1.29 is 14.6 Å². The van der Waals surface area contributed by atoms with Crippen LogP contribution < -0.4 is 0 Å². The molecule has 3 heterocycles. The van der Waals surface area contributed by atoms with Crippen molar-refractivity contribution in [2.24, 2.45) is 5.92 Å². The molecule has 2 N–H and O–H groups in total. The maximum Gasteiger partial charge on any atom is 0.306 e. The molecule has 0 atom stereocenters. The summed E-state index contributed by atoms with van der Waals surface area (Å²) in [6.45, 7) is 0.785. The van der Waals surface area contributed by atoms with Gasteiger partial charge < -0.3 is 9.84 Å². The van der Waals surface area contributed by atoms with Crippen molar-refractivity contribution in [3.63, 3.8) is 0 Å². The number of hydrogen-bond acceptors (Lipinski definition) is 3. The van der Waals surface area contributed by atoms with Crippen LogP contribution in [0, 0.1) is 5.92 Å². The molecule has 3 fully saturated rings. The van der Waals surface area contributed by atoms with Crippen LogP contribution in [0.2, 0.25) is 0 Å². The topological polar surface area (TPSA) is 75.2 Å². The van der Waals surface area contributed by atoms with E-state index in [2.05, 4.69) is 10.2 Å². The molecule has 4 rings (SSSR count). The number of carbonyl (C=O) groups is 1. The Hall–Kier alpha value is -1.36. The number of aliphatic carboxylic acids is 1. The standard InChI is InChI=1S/C9H14O3.C3H4N2/c10-8(11)5-9-3-1-7(2-4-9)6-12-9;1-2-4-5-3-1/h7H,1-6H2,(H,10,11);1-3H,(H,4,5). The van der Waals surface area contributed by atoms with E-state index in [1.54, 1.807) is 12.4 Å². The molecule has 2 bridgehead atoms. The van der Waals surface area contributed by atoms with Gasteiger partial charge in [0.1, 0.15) is 0 Å². The van der Waals surface area contributed by atoms with Gasteiger partial charge in [0.05, 0.1) is 18.6 Å². The van der Waals surface area contributed by atoms with Crippen molar-refractivity contribution >= 4 is 5.97 Å². The van der Waals surface area contributed by atoms with Gasteiger partial charge in [-0.3, -0.25) is 9.89 Å². The van der Waals surface area contributed by atoms with E-state index in [4.69, 9.17) is 9.84 Å². The zero-order chi connectivity index (χ0) is 12.1. The first-order chi connectivity index (χ1) is 8.20. The van der Waals surface area contributed by atoms with E-state index in [1.165, 1.54) is 0 Å². The van der Waals surface area contributed by atoms with Crippen LogP contribution in [0.15, 0.2) is 18.5 Å². The third kappa shape index (κ3) is 3.30. The number of aromatic nitrogens is 2. The van der Waals surface area contributed by atoms with Gasteiger partial charge in [-0.2, -0.15) is 5.10 Å². The Balaban J connectivity index is 0.000000181. The number of ether oxygens (including phenoxy) is 1. The van der Waals surface area contributed by atoms with Gasteiger partial charge in [-0.05, 0) is 37.7 Å². The van der Waals surface area contributed by atoms with Crippen molar-refractivity contribution in [3.05, 3.63) is 18.5 Å². The largest absolute Gasteiger partial charge is 0.481 e. The van der Waals surface area contributed by atoms with Crippen molar-refractivity contribution in [2.75, 3.05) is 6.61 Å². The third-order valence-corrected chi connectivity index (χ3v) is 3.52. The van der Waals surface area contributed by atoms with Crippen LogP contribution in [-0.2, 0) is 9.53 Å². The van der Waals surface area contributed by atoms with Crippen LogP contribution >= 0.6 is 0 Å². The van der Waals surface area contributed by atoms with Crippen LogP contribution in [0.3, 0.4) is 0 Å². The number of nitrogens with one attached hydrogen (secondary N) is 1. The second-order valence-corrected chi connectivity index (χ2v) is 4.77. The van der Waals surface area contributed by atoms with Crippen LogP contribution in [-0.4, -0.2) is 33.5 Å². The number of fused-ring (bicyclic) bond motifs is 3. The number of nitrogens with zero attached hydrogens (tertiary/aromatic N) is 1. The quantitative estimate of drug-likeness (QED) is 0.824. The molecule has 0 radical (unpaired) electrons. The lowest BCUT2D eigenvalue weighted by atomic mass is 9.74. The molecule has 5 heteroatoms. The van der Waals surface area contributed by atoms with Gasteiger partial charge >= 0.3 is 5.97 Å². The molecule has 0 unspecified atom stereocenters. The van der Waals surface area contributed by atoms with E-state index >= 15 is 0 Å². The highest BCUT2D eigenvalue weighted by atomic mass is 16.5. The van der Waals surface area contributed by atoms with Crippen LogP contribution in [0.1, 0.15) is 32.1 Å². The predicted octanol–water partition coefficient (Wildman–Crippen LogP) is 1.83. The van der Waals surface area contributed by atoms with Crippen molar-refractivity contribution in [2.45, 2.75) is 37.7 Å². The molecular formula is C12H18N2O3. The minimum absolute atomic E-state index is 0.194. The Morgan fingerprint density at radius 3 is 2.65 bits per heavy atom. The van der Waals surface area contributed by atoms with Crippen molar-refractivity contribution in [3.8, 4) is 0 Å². The first-order valence-electron chi connectivity index (χ1n) is 6.00. The molecule has 1 saturated carbocycles. The average molecular weight is 238 g/mol. The highest BCUT2D eigenvalue weighted by Crippen LogP contribution is 2.42. The number of rotatable bonds is 2. The van der Waals surface area contributed by atoms with E-state index in [0.717, 1.165) is 32.3 Å². The fourth-order valence-corrected chi connectivity index (χ4v) is 2.53. The van der Waals surface area contributed by atoms with E-state index in [1.807, 2.05) is 6.07 Å². The Labute approximate surface area is 100 Å². The van der Waals surface area contributed by atoms with Crippen LogP contribution in [0.25, 0.3) is 0 Å². The predicted molar refractivity (Wildman–Crippen MR) is 61.5 cm³/mol. The summed E-state index contributed by atoms with van der Waals surface area (Å²) in [5.41, 5.74) is -0.291. The van der Waals surface area contributed by atoms with E-state index < -0.39 is 5.97 Å². The summed E-state index contributed by atoms with van der Waals surface area (Å²) < 4.78 is 5.59. The summed E-state index contributed by atoms with van der Waals surface area (Å²) in [4.78, 5) is 10.6. The van der Waals surface area contributed by atoms with E-state index in [0.29, 0.717) is 5.92 Å².